The van der Waals surface area contributed by atoms with Crippen molar-refractivity contribution in [2.24, 2.45) is 5.92 Å². The molecule has 7 nitrogen and oxygen atoms in total. The van der Waals surface area contributed by atoms with Crippen LogP contribution in [0.15, 0.2) is 24.3 Å². The van der Waals surface area contributed by atoms with Crippen molar-refractivity contribution in [1.82, 2.24) is 10.6 Å². The Labute approximate surface area is 179 Å². The number of ether oxygens (including phenoxy) is 3. The molecule has 0 saturated carbocycles. The summed E-state index contributed by atoms with van der Waals surface area (Å²) >= 11 is 0. The molecular weight excluding hydrogens is 384 g/mol. The fourth-order valence-corrected chi connectivity index (χ4v) is 3.48. The van der Waals surface area contributed by atoms with E-state index in [2.05, 4.69) is 10.6 Å². The number of piperidine rings is 1. The molecule has 30 heavy (non-hydrogen) atoms. The number of amides is 1. The average Bonchev–Trinajstić information content (AvgIpc) is 2.70. The minimum Gasteiger partial charge on any atom is -0.494 e. The van der Waals surface area contributed by atoms with Crippen LogP contribution in [0.5, 0.6) is 5.75 Å². The summed E-state index contributed by atoms with van der Waals surface area (Å²) < 4.78 is 15.9. The molecule has 1 atom stereocenters. The standard InChI is InChI=1S/C23H36N2O5/c1-23(2,3)30-22(27)25-20(21(26)28-4)16-18-7-9-19(10-8-18)29-15-5-6-17-11-13-24-14-12-17/h7-10,17,20,24H,5-6,11-16H2,1-4H3,(H,25,27). The van der Waals surface area contributed by atoms with Crippen LogP contribution in [0.4, 0.5) is 4.79 Å². The number of methoxy groups -OCH3 is 1. The Morgan fingerprint density at radius 2 is 1.83 bits per heavy atom. The number of esters is 1. The SMILES string of the molecule is COC(=O)C(Cc1ccc(OCCCC2CCNCC2)cc1)NC(=O)OC(C)(C)C. The van der Waals surface area contributed by atoms with Gasteiger partial charge in [-0.15, -0.1) is 0 Å². The zero-order valence-corrected chi connectivity index (χ0v) is 18.7. The van der Waals surface area contributed by atoms with Gasteiger partial charge in [0.15, 0.2) is 0 Å². The normalized spacial score (nSPS) is 15.9. The molecule has 1 heterocycles. The Hall–Kier alpha value is -2.28. The van der Waals surface area contributed by atoms with Crippen LogP contribution in [-0.4, -0.2) is 50.5 Å². The van der Waals surface area contributed by atoms with E-state index in [-0.39, 0.29) is 0 Å². The first-order chi connectivity index (χ1) is 14.3. The molecule has 1 aromatic carbocycles. The lowest BCUT2D eigenvalue weighted by Gasteiger charge is -2.22. The van der Waals surface area contributed by atoms with E-state index in [1.807, 2.05) is 24.3 Å². The molecule has 1 fully saturated rings. The first-order valence-electron chi connectivity index (χ1n) is 10.8. The molecular formula is C23H36N2O5. The number of carbonyl (C=O) groups excluding carboxylic acids is 2. The van der Waals surface area contributed by atoms with Crippen LogP contribution in [0.3, 0.4) is 0 Å². The van der Waals surface area contributed by atoms with E-state index in [0.29, 0.717) is 13.0 Å². The van der Waals surface area contributed by atoms with E-state index in [0.717, 1.165) is 36.7 Å². The fourth-order valence-electron chi connectivity index (χ4n) is 3.48. The summed E-state index contributed by atoms with van der Waals surface area (Å²) in [6.45, 7) is 8.26. The van der Waals surface area contributed by atoms with Crippen LogP contribution >= 0.6 is 0 Å². The number of hydrogen-bond acceptors (Lipinski definition) is 6. The van der Waals surface area contributed by atoms with Gasteiger partial charge in [-0.3, -0.25) is 0 Å². The molecule has 2 rings (SSSR count). The maximum atomic E-state index is 12.1. The topological polar surface area (TPSA) is 85.9 Å². The number of rotatable bonds is 9. The number of alkyl carbamates (subject to hydrolysis) is 1. The monoisotopic (exact) mass is 420 g/mol. The summed E-state index contributed by atoms with van der Waals surface area (Å²) in [4.78, 5) is 24.1. The van der Waals surface area contributed by atoms with Crippen LogP contribution < -0.4 is 15.4 Å². The number of carbonyl (C=O) groups is 2. The molecule has 1 aliphatic heterocycles. The Bertz CT molecular complexity index is 663. The van der Waals surface area contributed by atoms with E-state index in [1.54, 1.807) is 20.8 Å². The molecule has 1 aromatic rings. The molecule has 0 aromatic heterocycles. The average molecular weight is 421 g/mol. The highest BCUT2D eigenvalue weighted by atomic mass is 16.6. The fraction of sp³-hybridized carbons (Fsp3) is 0.652. The van der Waals surface area contributed by atoms with Gasteiger partial charge in [-0.1, -0.05) is 12.1 Å². The molecule has 7 heteroatoms. The summed E-state index contributed by atoms with van der Waals surface area (Å²) in [5.41, 5.74) is 0.251. The zero-order valence-electron chi connectivity index (χ0n) is 18.7. The first-order valence-corrected chi connectivity index (χ1v) is 10.8. The van der Waals surface area contributed by atoms with Crippen molar-refractivity contribution in [3.8, 4) is 5.75 Å². The molecule has 168 valence electrons. The Morgan fingerprint density at radius 1 is 1.17 bits per heavy atom. The van der Waals surface area contributed by atoms with Crippen molar-refractivity contribution in [2.45, 2.75) is 64.5 Å². The van der Waals surface area contributed by atoms with Crippen LogP contribution in [0.2, 0.25) is 0 Å². The highest BCUT2D eigenvalue weighted by Crippen LogP contribution is 2.19. The van der Waals surface area contributed by atoms with Crippen molar-refractivity contribution in [3.05, 3.63) is 29.8 Å². The molecule has 2 N–H and O–H groups in total. The second kappa shape index (κ2) is 11.8. The Kier molecular flexibility index (Phi) is 9.43. The van der Waals surface area contributed by atoms with E-state index in [4.69, 9.17) is 14.2 Å². The highest BCUT2D eigenvalue weighted by Gasteiger charge is 2.25. The van der Waals surface area contributed by atoms with E-state index >= 15 is 0 Å². The summed E-state index contributed by atoms with van der Waals surface area (Å²) in [6, 6.07) is 6.76. The predicted octanol–water partition coefficient (Wildman–Crippen LogP) is 3.45. The van der Waals surface area contributed by atoms with Crippen molar-refractivity contribution in [2.75, 3.05) is 26.8 Å². The van der Waals surface area contributed by atoms with Crippen molar-refractivity contribution in [1.29, 1.82) is 0 Å². The van der Waals surface area contributed by atoms with E-state index < -0.39 is 23.7 Å². The van der Waals surface area contributed by atoms with Gasteiger partial charge in [0.25, 0.3) is 0 Å². The lowest BCUT2D eigenvalue weighted by molar-refractivity contribution is -0.143. The van der Waals surface area contributed by atoms with Crippen LogP contribution in [0.25, 0.3) is 0 Å². The third-order valence-electron chi connectivity index (χ3n) is 5.02. The third-order valence-corrected chi connectivity index (χ3v) is 5.02. The Morgan fingerprint density at radius 3 is 2.43 bits per heavy atom. The summed E-state index contributed by atoms with van der Waals surface area (Å²) in [5, 5.41) is 5.98. The molecule has 1 amide bonds. The maximum absolute atomic E-state index is 12.1. The number of benzene rings is 1. The van der Waals surface area contributed by atoms with Crippen LogP contribution in [0, 0.1) is 5.92 Å². The lowest BCUT2D eigenvalue weighted by atomic mass is 9.93. The van der Waals surface area contributed by atoms with Crippen LogP contribution in [0.1, 0.15) is 52.0 Å². The van der Waals surface area contributed by atoms with Gasteiger partial charge in [0.2, 0.25) is 0 Å². The minimum absolute atomic E-state index is 0.307. The largest absolute Gasteiger partial charge is 0.494 e. The van der Waals surface area contributed by atoms with Crippen molar-refractivity contribution in [3.63, 3.8) is 0 Å². The smallest absolute Gasteiger partial charge is 0.408 e. The lowest BCUT2D eigenvalue weighted by Crippen LogP contribution is -2.45. The minimum atomic E-state index is -0.818. The van der Waals surface area contributed by atoms with Gasteiger partial charge in [-0.2, -0.15) is 0 Å². The molecule has 0 radical (unpaired) electrons. The van der Waals surface area contributed by atoms with Gasteiger partial charge in [-0.25, -0.2) is 9.59 Å². The molecule has 1 saturated heterocycles. The maximum Gasteiger partial charge on any atom is 0.408 e. The second-order valence-electron chi connectivity index (χ2n) is 8.75. The molecule has 1 aliphatic rings. The van der Waals surface area contributed by atoms with Crippen molar-refractivity contribution < 1.29 is 23.8 Å². The van der Waals surface area contributed by atoms with Gasteiger partial charge in [0.05, 0.1) is 13.7 Å². The second-order valence-corrected chi connectivity index (χ2v) is 8.75. The van der Waals surface area contributed by atoms with Crippen molar-refractivity contribution >= 4 is 12.1 Å². The van der Waals surface area contributed by atoms with Gasteiger partial charge in [0.1, 0.15) is 17.4 Å². The molecule has 1 unspecified atom stereocenters. The van der Waals surface area contributed by atoms with E-state index in [9.17, 15) is 9.59 Å². The first kappa shape index (κ1) is 24.0. The Balaban J connectivity index is 1.80. The summed E-state index contributed by atoms with van der Waals surface area (Å²) in [6.07, 6.45) is 4.43. The molecule has 0 spiro atoms. The summed E-state index contributed by atoms with van der Waals surface area (Å²) in [7, 11) is 1.30. The van der Waals surface area contributed by atoms with E-state index in [1.165, 1.54) is 26.4 Å². The quantitative estimate of drug-likeness (QED) is 0.470. The van der Waals surface area contributed by atoms with Gasteiger partial charge in [-0.05, 0) is 83.2 Å². The predicted molar refractivity (Wildman–Crippen MR) is 116 cm³/mol. The van der Waals surface area contributed by atoms with Gasteiger partial charge >= 0.3 is 12.1 Å². The third kappa shape index (κ3) is 9.03. The highest BCUT2D eigenvalue weighted by molar-refractivity contribution is 5.81. The molecule has 0 bridgehead atoms. The number of nitrogens with one attached hydrogen (secondary N) is 2. The molecule has 0 aliphatic carbocycles. The van der Waals surface area contributed by atoms with Crippen LogP contribution in [-0.2, 0) is 20.7 Å². The zero-order chi connectivity index (χ0) is 22.0. The number of hydrogen-bond donors (Lipinski definition) is 2. The summed E-state index contributed by atoms with van der Waals surface area (Å²) in [5.74, 6) is 1.10. The van der Waals surface area contributed by atoms with Gasteiger partial charge in [0, 0.05) is 6.42 Å². The van der Waals surface area contributed by atoms with Gasteiger partial charge < -0.3 is 24.8 Å².